The minimum Gasteiger partial charge on any atom is -0.493 e. The van der Waals surface area contributed by atoms with Crippen LogP contribution in [0.1, 0.15) is 27.3 Å². The minimum absolute atomic E-state index is 0.00414. The summed E-state index contributed by atoms with van der Waals surface area (Å²) in [6.07, 6.45) is -0.707. The van der Waals surface area contributed by atoms with Gasteiger partial charge in [0.25, 0.3) is 0 Å². The lowest BCUT2D eigenvalue weighted by Crippen LogP contribution is -2.11. The monoisotopic (exact) mass is 487 g/mol. The van der Waals surface area contributed by atoms with Gasteiger partial charge in [-0.15, -0.1) is 0 Å². The van der Waals surface area contributed by atoms with Gasteiger partial charge in [-0.25, -0.2) is 24.1 Å². The number of halogens is 4. The molecule has 0 fully saturated rings. The molecule has 35 heavy (non-hydrogen) atoms. The Balaban J connectivity index is 1.56. The molecule has 0 atom stereocenters. The third-order valence-electron chi connectivity index (χ3n) is 5.67. The van der Waals surface area contributed by atoms with Crippen LogP contribution in [-0.2, 0) is 23.9 Å². The molecule has 0 radical (unpaired) electrons. The normalized spacial score (nSPS) is 12.9. The van der Waals surface area contributed by atoms with Crippen LogP contribution in [0, 0.1) is 5.82 Å². The van der Waals surface area contributed by atoms with Crippen LogP contribution in [0.5, 0.6) is 5.75 Å². The van der Waals surface area contributed by atoms with Crippen molar-refractivity contribution in [1.29, 1.82) is 0 Å². The highest BCUT2D eigenvalue weighted by Crippen LogP contribution is 2.37. The highest BCUT2D eigenvalue weighted by molar-refractivity contribution is 5.88. The number of alkyl halides is 3. The molecule has 0 unspecified atom stereocenters. The Morgan fingerprint density at radius 3 is 2.71 bits per heavy atom. The maximum absolute atomic E-state index is 14.5. The second-order valence-electron chi connectivity index (χ2n) is 7.68. The number of nitrogens with one attached hydrogen (secondary N) is 1. The number of ether oxygens (including phenoxy) is 2. The molecule has 0 saturated carbocycles. The number of pyridine rings is 1. The Hall–Kier alpha value is -4.22. The first-order valence-electron chi connectivity index (χ1n) is 10.4. The molecule has 4 heterocycles. The van der Waals surface area contributed by atoms with E-state index in [0.29, 0.717) is 29.9 Å². The SMILES string of the molecule is COC(=O)c1ccc(-c2cnc(NCc3c(F)ccc4c3CCO4)n3cnc(C(F)(F)F)c23)cn1. The first kappa shape index (κ1) is 22.6. The van der Waals surface area contributed by atoms with Crippen LogP contribution in [0.15, 0.2) is 43.0 Å². The molecule has 1 aliphatic rings. The fourth-order valence-electron chi connectivity index (χ4n) is 4.02. The van der Waals surface area contributed by atoms with Crippen LogP contribution in [0.4, 0.5) is 23.5 Å². The van der Waals surface area contributed by atoms with Crippen molar-refractivity contribution in [2.75, 3.05) is 19.0 Å². The molecule has 1 aliphatic heterocycles. The van der Waals surface area contributed by atoms with Gasteiger partial charge in [-0.1, -0.05) is 6.07 Å². The lowest BCUT2D eigenvalue weighted by molar-refractivity contribution is -0.139. The summed E-state index contributed by atoms with van der Waals surface area (Å²) in [7, 11) is 1.20. The van der Waals surface area contributed by atoms with Crippen LogP contribution in [0.25, 0.3) is 16.6 Å². The predicted octanol–water partition coefficient (Wildman–Crippen LogP) is 4.28. The summed E-state index contributed by atoms with van der Waals surface area (Å²) in [5, 5.41) is 2.92. The summed E-state index contributed by atoms with van der Waals surface area (Å²) in [5.41, 5.74) is 0.0899. The zero-order valence-electron chi connectivity index (χ0n) is 18.2. The van der Waals surface area contributed by atoms with Crippen LogP contribution in [0.2, 0.25) is 0 Å². The van der Waals surface area contributed by atoms with Crippen LogP contribution in [0.3, 0.4) is 0 Å². The second kappa shape index (κ2) is 8.53. The highest BCUT2D eigenvalue weighted by Gasteiger charge is 2.37. The van der Waals surface area contributed by atoms with Crippen LogP contribution >= 0.6 is 0 Å². The highest BCUT2D eigenvalue weighted by atomic mass is 19.4. The van der Waals surface area contributed by atoms with E-state index in [-0.39, 0.29) is 34.8 Å². The van der Waals surface area contributed by atoms with Gasteiger partial charge >= 0.3 is 12.1 Å². The van der Waals surface area contributed by atoms with Gasteiger partial charge in [0.15, 0.2) is 5.69 Å². The number of carbonyl (C=O) groups excluding carboxylic acids is 1. The Morgan fingerprint density at radius 2 is 2.00 bits per heavy atom. The summed E-state index contributed by atoms with van der Waals surface area (Å²) in [6.45, 7) is 0.414. The van der Waals surface area contributed by atoms with Crippen LogP contribution < -0.4 is 10.1 Å². The number of esters is 1. The standard InChI is InChI=1S/C23H17F4N5O3/c1-34-21(33)17-4-2-12(8-28-17)14-9-29-22(32-11-31-20(19(14)32)23(25,26)27)30-10-15-13-6-7-35-18(13)5-3-16(15)24/h2-5,8-9,11H,6-7,10H2,1H3,(H,29,30). The fourth-order valence-corrected chi connectivity index (χ4v) is 4.02. The number of hydrogen-bond donors (Lipinski definition) is 1. The van der Waals surface area contributed by atoms with Gasteiger partial charge in [-0.3, -0.25) is 4.40 Å². The van der Waals surface area contributed by atoms with Crippen molar-refractivity contribution < 1.29 is 31.8 Å². The summed E-state index contributed by atoms with van der Waals surface area (Å²) in [6, 6.07) is 5.63. The van der Waals surface area contributed by atoms with E-state index in [2.05, 4.69) is 25.0 Å². The van der Waals surface area contributed by atoms with E-state index >= 15 is 0 Å². The van der Waals surface area contributed by atoms with E-state index < -0.39 is 23.7 Å². The molecule has 0 bridgehead atoms. The van der Waals surface area contributed by atoms with Crippen molar-refractivity contribution in [1.82, 2.24) is 19.4 Å². The Kier molecular flexibility index (Phi) is 5.50. The molecule has 0 aliphatic carbocycles. The largest absolute Gasteiger partial charge is 0.493 e. The molecule has 0 saturated heterocycles. The molecule has 3 aromatic heterocycles. The Bertz CT molecular complexity index is 1430. The second-order valence-corrected chi connectivity index (χ2v) is 7.68. The number of fused-ring (bicyclic) bond motifs is 2. The van der Waals surface area contributed by atoms with E-state index in [9.17, 15) is 22.4 Å². The Labute approximate surface area is 195 Å². The molecule has 4 aromatic rings. The number of imidazole rings is 1. The van der Waals surface area contributed by atoms with E-state index in [1.54, 1.807) is 6.07 Å². The summed E-state index contributed by atoms with van der Waals surface area (Å²) in [5.74, 6) is -0.499. The van der Waals surface area contributed by atoms with Crippen molar-refractivity contribution in [2.24, 2.45) is 0 Å². The van der Waals surface area contributed by atoms with Gasteiger partial charge in [-0.05, 0) is 18.2 Å². The summed E-state index contributed by atoms with van der Waals surface area (Å²) >= 11 is 0. The third kappa shape index (κ3) is 4.00. The van der Waals surface area contributed by atoms with E-state index in [4.69, 9.17) is 4.74 Å². The number of carbonyl (C=O) groups is 1. The lowest BCUT2D eigenvalue weighted by Gasteiger charge is -2.14. The van der Waals surface area contributed by atoms with Gasteiger partial charge in [-0.2, -0.15) is 13.2 Å². The third-order valence-corrected chi connectivity index (χ3v) is 5.67. The Morgan fingerprint density at radius 1 is 1.17 bits per heavy atom. The number of hydrogen-bond acceptors (Lipinski definition) is 7. The predicted molar refractivity (Wildman–Crippen MR) is 115 cm³/mol. The van der Waals surface area contributed by atoms with Crippen molar-refractivity contribution >= 4 is 17.4 Å². The minimum atomic E-state index is -4.74. The summed E-state index contributed by atoms with van der Waals surface area (Å²) < 4.78 is 67.1. The first-order chi connectivity index (χ1) is 16.8. The molecule has 1 N–H and O–H groups in total. The molecule has 5 rings (SSSR count). The van der Waals surface area contributed by atoms with E-state index in [1.165, 1.54) is 37.7 Å². The van der Waals surface area contributed by atoms with Crippen LogP contribution in [-0.4, -0.2) is 39.0 Å². The lowest BCUT2D eigenvalue weighted by atomic mass is 10.0. The van der Waals surface area contributed by atoms with Gasteiger partial charge in [0.1, 0.15) is 23.6 Å². The van der Waals surface area contributed by atoms with Gasteiger partial charge in [0, 0.05) is 47.6 Å². The molecule has 12 heteroatoms. The van der Waals surface area contributed by atoms with Gasteiger partial charge < -0.3 is 14.8 Å². The molecule has 1 aromatic carbocycles. The number of methoxy groups -OCH3 is 1. The number of rotatable bonds is 5. The fraction of sp³-hybridized carbons (Fsp3) is 0.217. The van der Waals surface area contributed by atoms with E-state index in [0.717, 1.165) is 10.7 Å². The first-order valence-corrected chi connectivity index (χ1v) is 10.4. The van der Waals surface area contributed by atoms with Crippen molar-refractivity contribution in [3.63, 3.8) is 0 Å². The van der Waals surface area contributed by atoms with Gasteiger partial charge in [0.2, 0.25) is 5.95 Å². The maximum Gasteiger partial charge on any atom is 0.435 e. The zero-order chi connectivity index (χ0) is 24.7. The number of anilines is 1. The average Bonchev–Trinajstić information content (AvgIpc) is 3.51. The van der Waals surface area contributed by atoms with Crippen molar-refractivity contribution in [2.45, 2.75) is 19.1 Å². The number of aromatic nitrogens is 4. The average molecular weight is 487 g/mol. The molecule has 180 valence electrons. The smallest absolute Gasteiger partial charge is 0.435 e. The number of nitrogens with zero attached hydrogens (tertiary/aromatic N) is 4. The zero-order valence-corrected chi connectivity index (χ0v) is 18.2. The molecular formula is C23H17F4N5O3. The number of benzene rings is 1. The molecular weight excluding hydrogens is 470 g/mol. The quantitative estimate of drug-likeness (QED) is 0.332. The molecule has 0 amide bonds. The molecule has 8 nitrogen and oxygen atoms in total. The van der Waals surface area contributed by atoms with Crippen molar-refractivity contribution in [3.8, 4) is 16.9 Å². The van der Waals surface area contributed by atoms with E-state index in [1.807, 2.05) is 0 Å². The summed E-state index contributed by atoms with van der Waals surface area (Å²) in [4.78, 5) is 23.4. The maximum atomic E-state index is 14.5. The van der Waals surface area contributed by atoms with Gasteiger partial charge in [0.05, 0.1) is 19.2 Å². The molecule has 0 spiro atoms. The topological polar surface area (TPSA) is 90.6 Å². The van der Waals surface area contributed by atoms with Crippen molar-refractivity contribution in [3.05, 3.63) is 71.3 Å².